The SMILES string of the molecule is CC(C)NC(=O)CNc1ccc(I)cc1Cl. The van der Waals surface area contributed by atoms with E-state index in [9.17, 15) is 4.79 Å². The number of amides is 1. The first kappa shape index (κ1) is 13.6. The molecule has 0 heterocycles. The standard InChI is InChI=1S/C11H14ClIN2O/c1-7(2)15-11(16)6-14-10-4-3-8(13)5-9(10)12/h3-5,7,14H,6H2,1-2H3,(H,15,16). The first-order valence-electron chi connectivity index (χ1n) is 4.97. The van der Waals surface area contributed by atoms with Crippen LogP contribution in [0.4, 0.5) is 5.69 Å². The second-order valence-electron chi connectivity index (χ2n) is 3.70. The number of hydrogen-bond acceptors (Lipinski definition) is 2. The molecule has 0 saturated heterocycles. The summed E-state index contributed by atoms with van der Waals surface area (Å²) in [7, 11) is 0. The lowest BCUT2D eigenvalue weighted by molar-refractivity contribution is -0.119. The number of anilines is 1. The molecule has 0 aliphatic rings. The number of carbonyl (C=O) groups excluding carboxylic acids is 1. The molecule has 0 atom stereocenters. The molecule has 0 aliphatic heterocycles. The van der Waals surface area contributed by atoms with Gasteiger partial charge in [-0.3, -0.25) is 4.79 Å². The van der Waals surface area contributed by atoms with Crippen molar-refractivity contribution < 1.29 is 4.79 Å². The van der Waals surface area contributed by atoms with Crippen LogP contribution >= 0.6 is 34.2 Å². The van der Waals surface area contributed by atoms with Gasteiger partial charge in [0.15, 0.2) is 0 Å². The van der Waals surface area contributed by atoms with Gasteiger partial charge in [-0.25, -0.2) is 0 Å². The summed E-state index contributed by atoms with van der Waals surface area (Å²) in [5.74, 6) is -0.0374. The molecule has 1 rings (SSSR count). The minimum Gasteiger partial charge on any atom is -0.375 e. The third kappa shape index (κ3) is 4.57. The Morgan fingerprint density at radius 1 is 1.50 bits per heavy atom. The maximum atomic E-state index is 11.4. The summed E-state index contributed by atoms with van der Waals surface area (Å²) < 4.78 is 1.07. The van der Waals surface area contributed by atoms with Gasteiger partial charge in [0.2, 0.25) is 5.91 Å². The van der Waals surface area contributed by atoms with Gasteiger partial charge in [-0.15, -0.1) is 0 Å². The molecule has 0 unspecified atom stereocenters. The van der Waals surface area contributed by atoms with Crippen molar-refractivity contribution in [1.29, 1.82) is 0 Å². The minimum absolute atomic E-state index is 0.0374. The molecule has 0 aromatic heterocycles. The molecule has 0 saturated carbocycles. The van der Waals surface area contributed by atoms with E-state index in [2.05, 4.69) is 33.2 Å². The van der Waals surface area contributed by atoms with E-state index < -0.39 is 0 Å². The molecule has 1 aromatic rings. The quantitative estimate of drug-likeness (QED) is 0.818. The molecule has 0 spiro atoms. The molecular formula is C11H14ClIN2O. The number of hydrogen-bond donors (Lipinski definition) is 2. The van der Waals surface area contributed by atoms with Gasteiger partial charge in [0.1, 0.15) is 0 Å². The highest BCUT2D eigenvalue weighted by Crippen LogP contribution is 2.23. The Kier molecular flexibility index (Phi) is 5.34. The van der Waals surface area contributed by atoms with Crippen molar-refractivity contribution in [3.63, 3.8) is 0 Å². The lowest BCUT2D eigenvalue weighted by Gasteiger charge is -2.11. The molecule has 2 N–H and O–H groups in total. The molecule has 0 radical (unpaired) electrons. The maximum absolute atomic E-state index is 11.4. The third-order valence-electron chi connectivity index (χ3n) is 1.82. The highest BCUT2D eigenvalue weighted by molar-refractivity contribution is 14.1. The van der Waals surface area contributed by atoms with Gasteiger partial charge in [-0.05, 0) is 54.6 Å². The summed E-state index contributed by atoms with van der Waals surface area (Å²) in [6, 6.07) is 5.81. The zero-order chi connectivity index (χ0) is 12.1. The smallest absolute Gasteiger partial charge is 0.239 e. The molecule has 3 nitrogen and oxygen atoms in total. The van der Waals surface area contributed by atoms with E-state index >= 15 is 0 Å². The second kappa shape index (κ2) is 6.30. The maximum Gasteiger partial charge on any atom is 0.239 e. The molecular weight excluding hydrogens is 338 g/mol. The fourth-order valence-corrected chi connectivity index (χ4v) is 2.10. The summed E-state index contributed by atoms with van der Waals surface area (Å²) in [4.78, 5) is 11.4. The minimum atomic E-state index is -0.0374. The molecule has 0 fully saturated rings. The first-order chi connectivity index (χ1) is 7.49. The van der Waals surface area contributed by atoms with Crippen molar-refractivity contribution in [2.75, 3.05) is 11.9 Å². The highest BCUT2D eigenvalue weighted by atomic mass is 127. The van der Waals surface area contributed by atoms with Crippen LogP contribution in [-0.4, -0.2) is 18.5 Å². The third-order valence-corrected chi connectivity index (χ3v) is 2.80. The van der Waals surface area contributed by atoms with Crippen LogP contribution in [0.15, 0.2) is 18.2 Å². The predicted molar refractivity (Wildman–Crippen MR) is 75.9 cm³/mol. The molecule has 1 aromatic carbocycles. The van der Waals surface area contributed by atoms with Crippen LogP contribution in [0.5, 0.6) is 0 Å². The predicted octanol–water partition coefficient (Wildman–Crippen LogP) is 2.88. The number of nitrogens with one attached hydrogen (secondary N) is 2. The Balaban J connectivity index is 2.51. The van der Waals surface area contributed by atoms with Crippen molar-refractivity contribution >= 4 is 45.8 Å². The lowest BCUT2D eigenvalue weighted by Crippen LogP contribution is -2.34. The Morgan fingerprint density at radius 3 is 2.75 bits per heavy atom. The van der Waals surface area contributed by atoms with Gasteiger partial charge in [0, 0.05) is 9.61 Å². The van der Waals surface area contributed by atoms with Gasteiger partial charge < -0.3 is 10.6 Å². The molecule has 88 valence electrons. The van der Waals surface area contributed by atoms with Crippen molar-refractivity contribution in [2.24, 2.45) is 0 Å². The Bertz CT molecular complexity index is 382. The van der Waals surface area contributed by atoms with Gasteiger partial charge in [0.25, 0.3) is 0 Å². The van der Waals surface area contributed by atoms with Crippen LogP contribution in [0.25, 0.3) is 0 Å². The van der Waals surface area contributed by atoms with Crippen LogP contribution in [0.3, 0.4) is 0 Å². The van der Waals surface area contributed by atoms with Crippen LogP contribution in [0, 0.1) is 3.57 Å². The van der Waals surface area contributed by atoms with E-state index in [0.717, 1.165) is 9.26 Å². The average molecular weight is 353 g/mol. The molecule has 5 heteroatoms. The van der Waals surface area contributed by atoms with E-state index in [1.165, 1.54) is 0 Å². The van der Waals surface area contributed by atoms with E-state index in [1.54, 1.807) is 0 Å². The zero-order valence-corrected chi connectivity index (χ0v) is 12.1. The van der Waals surface area contributed by atoms with Crippen LogP contribution in [0.2, 0.25) is 5.02 Å². The van der Waals surface area contributed by atoms with E-state index in [4.69, 9.17) is 11.6 Å². The van der Waals surface area contributed by atoms with Crippen LogP contribution in [-0.2, 0) is 4.79 Å². The fourth-order valence-electron chi connectivity index (χ4n) is 1.18. The normalized spacial score (nSPS) is 10.3. The monoisotopic (exact) mass is 352 g/mol. The Hall–Kier alpha value is -0.490. The number of halogens is 2. The first-order valence-corrected chi connectivity index (χ1v) is 6.43. The largest absolute Gasteiger partial charge is 0.375 e. The highest BCUT2D eigenvalue weighted by Gasteiger charge is 2.05. The van der Waals surface area contributed by atoms with Gasteiger partial charge in [-0.1, -0.05) is 11.6 Å². The van der Waals surface area contributed by atoms with Crippen molar-refractivity contribution in [3.8, 4) is 0 Å². The molecule has 16 heavy (non-hydrogen) atoms. The summed E-state index contributed by atoms with van der Waals surface area (Å²) in [5, 5.41) is 6.42. The van der Waals surface area contributed by atoms with Gasteiger partial charge in [0.05, 0.1) is 17.3 Å². The topological polar surface area (TPSA) is 41.1 Å². The zero-order valence-electron chi connectivity index (χ0n) is 9.18. The van der Waals surface area contributed by atoms with Crippen molar-refractivity contribution in [2.45, 2.75) is 19.9 Å². The Morgan fingerprint density at radius 2 is 2.19 bits per heavy atom. The average Bonchev–Trinajstić information content (AvgIpc) is 2.15. The molecule has 0 bridgehead atoms. The summed E-state index contributed by atoms with van der Waals surface area (Å²) in [6.07, 6.45) is 0. The fraction of sp³-hybridized carbons (Fsp3) is 0.364. The van der Waals surface area contributed by atoms with E-state index in [0.29, 0.717) is 5.02 Å². The number of benzene rings is 1. The van der Waals surface area contributed by atoms with Gasteiger partial charge in [-0.2, -0.15) is 0 Å². The van der Waals surface area contributed by atoms with Crippen molar-refractivity contribution in [3.05, 3.63) is 26.8 Å². The molecule has 0 aliphatic carbocycles. The van der Waals surface area contributed by atoms with E-state index in [-0.39, 0.29) is 18.5 Å². The number of carbonyl (C=O) groups is 1. The summed E-state index contributed by atoms with van der Waals surface area (Å²) in [6.45, 7) is 4.09. The number of rotatable bonds is 4. The summed E-state index contributed by atoms with van der Waals surface area (Å²) in [5.41, 5.74) is 0.779. The van der Waals surface area contributed by atoms with Crippen LogP contribution in [0.1, 0.15) is 13.8 Å². The Labute approximate surface area is 114 Å². The second-order valence-corrected chi connectivity index (χ2v) is 5.35. The van der Waals surface area contributed by atoms with Gasteiger partial charge >= 0.3 is 0 Å². The molecule has 1 amide bonds. The van der Waals surface area contributed by atoms with Crippen molar-refractivity contribution in [1.82, 2.24) is 5.32 Å². The summed E-state index contributed by atoms with van der Waals surface area (Å²) >= 11 is 8.21. The lowest BCUT2D eigenvalue weighted by atomic mass is 10.3. The van der Waals surface area contributed by atoms with Crippen LogP contribution < -0.4 is 10.6 Å². The van der Waals surface area contributed by atoms with E-state index in [1.807, 2.05) is 32.0 Å².